The third-order valence-electron chi connectivity index (χ3n) is 2.24. The molecule has 2 aromatic rings. The van der Waals surface area contributed by atoms with Crippen LogP contribution >= 0.6 is 11.3 Å². The molecule has 0 spiro atoms. The van der Waals surface area contributed by atoms with E-state index in [1.165, 1.54) is 9.88 Å². The molecule has 0 fully saturated rings. The van der Waals surface area contributed by atoms with Crippen LogP contribution in [0.5, 0.6) is 0 Å². The van der Waals surface area contributed by atoms with Crippen LogP contribution < -0.4 is 5.43 Å². The molecule has 0 unspecified atom stereocenters. The Bertz CT molecular complexity index is 437. The van der Waals surface area contributed by atoms with Gasteiger partial charge < -0.3 is 5.43 Å². The second kappa shape index (κ2) is 4.29. The summed E-state index contributed by atoms with van der Waals surface area (Å²) in [6.45, 7) is 7.39. The summed E-state index contributed by atoms with van der Waals surface area (Å²) in [7, 11) is 0. The maximum absolute atomic E-state index is 4.46. The summed E-state index contributed by atoms with van der Waals surface area (Å²) in [5, 5.41) is 1.19. The maximum atomic E-state index is 4.46. The van der Waals surface area contributed by atoms with E-state index in [1.54, 1.807) is 11.3 Å². The Balaban J connectivity index is 1.98. The van der Waals surface area contributed by atoms with E-state index in [0.29, 0.717) is 0 Å². The monoisotopic (exact) mass is 235 g/mol. The van der Waals surface area contributed by atoms with Crippen LogP contribution in [0.1, 0.15) is 30.7 Å². The molecule has 0 aliphatic carbocycles. The van der Waals surface area contributed by atoms with Crippen LogP contribution in [-0.2, 0) is 12.0 Å². The molecule has 4 heteroatoms. The van der Waals surface area contributed by atoms with Crippen molar-refractivity contribution in [1.82, 2.24) is 9.66 Å². The van der Waals surface area contributed by atoms with Crippen molar-refractivity contribution < 1.29 is 0 Å². The lowest BCUT2D eigenvalue weighted by atomic mass is 9.98. The first-order valence-corrected chi connectivity index (χ1v) is 6.19. The molecular formula is C12H17N3S. The summed E-state index contributed by atoms with van der Waals surface area (Å²) in [5.74, 6) is 0. The van der Waals surface area contributed by atoms with Gasteiger partial charge in [0.15, 0.2) is 0 Å². The number of hydrogen-bond acceptors (Lipinski definition) is 3. The van der Waals surface area contributed by atoms with Gasteiger partial charge in [0.1, 0.15) is 0 Å². The first kappa shape index (κ1) is 11.2. The highest BCUT2D eigenvalue weighted by Crippen LogP contribution is 2.26. The van der Waals surface area contributed by atoms with Gasteiger partial charge in [0.25, 0.3) is 0 Å². The average molecular weight is 235 g/mol. The molecule has 0 aromatic carbocycles. The zero-order valence-electron chi connectivity index (χ0n) is 9.90. The summed E-state index contributed by atoms with van der Waals surface area (Å²) in [5.41, 5.74) is 3.44. The quantitative estimate of drug-likeness (QED) is 0.886. The van der Waals surface area contributed by atoms with Gasteiger partial charge in [-0.15, -0.1) is 11.3 Å². The number of rotatable bonds is 3. The van der Waals surface area contributed by atoms with Gasteiger partial charge in [-0.05, 0) is 12.1 Å². The Morgan fingerprint density at radius 3 is 2.56 bits per heavy atom. The Labute approximate surface area is 100 Å². The van der Waals surface area contributed by atoms with E-state index in [0.717, 1.165) is 6.54 Å². The van der Waals surface area contributed by atoms with Crippen molar-refractivity contribution in [3.05, 3.63) is 40.6 Å². The number of hydrogen-bond donors (Lipinski definition) is 1. The Morgan fingerprint density at radius 1 is 1.31 bits per heavy atom. The van der Waals surface area contributed by atoms with Crippen LogP contribution in [0.2, 0.25) is 0 Å². The van der Waals surface area contributed by atoms with E-state index in [-0.39, 0.29) is 5.41 Å². The van der Waals surface area contributed by atoms with Crippen LogP contribution in [0.25, 0.3) is 0 Å². The predicted octanol–water partition coefficient (Wildman–Crippen LogP) is 2.99. The van der Waals surface area contributed by atoms with Crippen molar-refractivity contribution in [2.24, 2.45) is 0 Å². The van der Waals surface area contributed by atoms with Crippen molar-refractivity contribution in [1.29, 1.82) is 0 Å². The molecule has 0 saturated carbocycles. The van der Waals surface area contributed by atoms with Gasteiger partial charge in [-0.25, -0.2) is 4.98 Å². The lowest BCUT2D eigenvalue weighted by Crippen LogP contribution is -2.11. The highest BCUT2D eigenvalue weighted by molar-refractivity contribution is 7.11. The van der Waals surface area contributed by atoms with Crippen LogP contribution in [0, 0.1) is 0 Å². The van der Waals surface area contributed by atoms with Crippen molar-refractivity contribution in [2.75, 3.05) is 5.43 Å². The smallest absolute Gasteiger partial charge is 0.0981 e. The molecule has 0 aliphatic rings. The van der Waals surface area contributed by atoms with Crippen molar-refractivity contribution in [3.63, 3.8) is 0 Å². The van der Waals surface area contributed by atoms with Gasteiger partial charge in [0, 0.05) is 28.9 Å². The normalized spacial score (nSPS) is 11.7. The van der Waals surface area contributed by atoms with Crippen LogP contribution in [0.4, 0.5) is 0 Å². The largest absolute Gasteiger partial charge is 0.321 e. The average Bonchev–Trinajstić information content (AvgIpc) is 2.85. The maximum Gasteiger partial charge on any atom is 0.0981 e. The van der Waals surface area contributed by atoms with Gasteiger partial charge in [-0.1, -0.05) is 20.8 Å². The van der Waals surface area contributed by atoms with Crippen molar-refractivity contribution in [3.8, 4) is 0 Å². The molecule has 16 heavy (non-hydrogen) atoms. The van der Waals surface area contributed by atoms with Gasteiger partial charge in [0.05, 0.1) is 11.6 Å². The number of nitrogens with zero attached hydrogens (tertiary/aromatic N) is 2. The molecule has 2 rings (SSSR count). The Hall–Kier alpha value is -1.29. The Kier molecular flexibility index (Phi) is 3.01. The number of aromatic nitrogens is 2. The highest BCUT2D eigenvalue weighted by atomic mass is 32.1. The molecule has 0 atom stereocenters. The minimum atomic E-state index is 0.149. The fourth-order valence-electron chi connectivity index (χ4n) is 1.35. The van der Waals surface area contributed by atoms with Gasteiger partial charge in [-0.2, -0.15) is 0 Å². The third-order valence-corrected chi connectivity index (χ3v) is 3.66. The second-order valence-electron chi connectivity index (χ2n) is 4.81. The molecule has 3 nitrogen and oxygen atoms in total. The number of thiazole rings is 1. The summed E-state index contributed by atoms with van der Waals surface area (Å²) in [4.78, 5) is 5.72. The SMILES string of the molecule is CC(C)(C)c1ncc(CNn2cccc2)s1. The van der Waals surface area contributed by atoms with Gasteiger partial charge >= 0.3 is 0 Å². The molecule has 2 aromatic heterocycles. The van der Waals surface area contributed by atoms with Crippen LogP contribution in [-0.4, -0.2) is 9.66 Å². The topological polar surface area (TPSA) is 29.9 Å². The zero-order chi connectivity index (χ0) is 11.6. The van der Waals surface area contributed by atoms with E-state index in [2.05, 4.69) is 31.2 Å². The molecular weight excluding hydrogens is 218 g/mol. The van der Waals surface area contributed by atoms with Crippen LogP contribution in [0.3, 0.4) is 0 Å². The first-order chi connectivity index (χ1) is 7.55. The fourth-order valence-corrected chi connectivity index (χ4v) is 2.25. The summed E-state index contributed by atoms with van der Waals surface area (Å²) in [6, 6.07) is 4.00. The van der Waals surface area contributed by atoms with Crippen molar-refractivity contribution >= 4 is 11.3 Å². The minimum absolute atomic E-state index is 0.149. The van der Waals surface area contributed by atoms with E-state index in [1.807, 2.05) is 35.4 Å². The molecule has 0 saturated heterocycles. The third kappa shape index (κ3) is 2.64. The lowest BCUT2D eigenvalue weighted by molar-refractivity contribution is 0.585. The summed E-state index contributed by atoms with van der Waals surface area (Å²) < 4.78 is 1.95. The Morgan fingerprint density at radius 2 is 2.00 bits per heavy atom. The molecule has 86 valence electrons. The van der Waals surface area contributed by atoms with Crippen molar-refractivity contribution in [2.45, 2.75) is 32.7 Å². The van der Waals surface area contributed by atoms with E-state index < -0.39 is 0 Å². The van der Waals surface area contributed by atoms with Gasteiger partial charge in [0.2, 0.25) is 0 Å². The minimum Gasteiger partial charge on any atom is -0.321 e. The molecule has 0 aliphatic heterocycles. The standard InChI is InChI=1S/C12H17N3S/c1-12(2,3)11-13-8-10(16-11)9-14-15-6-4-5-7-15/h4-8,14H,9H2,1-3H3. The van der Waals surface area contributed by atoms with Crippen LogP contribution in [0.15, 0.2) is 30.7 Å². The molecule has 0 radical (unpaired) electrons. The van der Waals surface area contributed by atoms with E-state index >= 15 is 0 Å². The van der Waals surface area contributed by atoms with E-state index in [9.17, 15) is 0 Å². The van der Waals surface area contributed by atoms with E-state index in [4.69, 9.17) is 0 Å². The molecule has 2 heterocycles. The van der Waals surface area contributed by atoms with Gasteiger partial charge in [-0.3, -0.25) is 4.68 Å². The predicted molar refractivity (Wildman–Crippen MR) is 68.3 cm³/mol. The second-order valence-corrected chi connectivity index (χ2v) is 5.92. The molecule has 0 amide bonds. The molecule has 0 bridgehead atoms. The first-order valence-electron chi connectivity index (χ1n) is 5.38. The fraction of sp³-hybridized carbons (Fsp3) is 0.417. The lowest BCUT2D eigenvalue weighted by Gasteiger charge is -2.13. The summed E-state index contributed by atoms with van der Waals surface area (Å²) in [6.07, 6.45) is 5.94. The number of nitrogens with one attached hydrogen (secondary N) is 1. The highest BCUT2D eigenvalue weighted by Gasteiger charge is 2.17. The molecule has 1 N–H and O–H groups in total. The zero-order valence-corrected chi connectivity index (χ0v) is 10.7. The summed E-state index contributed by atoms with van der Waals surface area (Å²) >= 11 is 1.77.